The van der Waals surface area contributed by atoms with Crippen LogP contribution in [-0.4, -0.2) is 9.97 Å². The molecule has 0 amide bonds. The summed E-state index contributed by atoms with van der Waals surface area (Å²) in [5.41, 5.74) is 2.48. The molecule has 0 N–H and O–H groups in total. The summed E-state index contributed by atoms with van der Waals surface area (Å²) < 4.78 is 30.6. The molecule has 0 saturated carbocycles. The zero-order valence-corrected chi connectivity index (χ0v) is 8.96. The minimum absolute atomic E-state index is 1.24. The SMILES string of the molecule is ClC=CCl.FC(F)(Cl)C(F)(Cl)Cl. The first-order chi connectivity index (χ1) is 5.16. The molecule has 0 aromatic heterocycles. The maximum Gasteiger partial charge on any atom is 0.383 e. The van der Waals surface area contributed by atoms with Gasteiger partial charge in [-0.05, 0) is 11.6 Å². The van der Waals surface area contributed by atoms with E-state index >= 15 is 0 Å². The van der Waals surface area contributed by atoms with Crippen LogP contribution in [0.25, 0.3) is 0 Å². The van der Waals surface area contributed by atoms with E-state index in [2.05, 4.69) is 34.8 Å². The molecule has 0 aromatic carbocycles. The Morgan fingerprint density at radius 1 is 0.833 bits per heavy atom. The lowest BCUT2D eigenvalue weighted by molar-refractivity contribution is 0.0241. The second-order valence-electron chi connectivity index (χ2n) is 1.25. The topological polar surface area (TPSA) is 0 Å². The molecule has 0 aliphatic heterocycles. The summed E-state index contributed by atoms with van der Waals surface area (Å²) in [6.07, 6.45) is 0. The third-order valence-electron chi connectivity index (χ3n) is 0.369. The van der Waals surface area contributed by atoms with Gasteiger partial charge in [0.2, 0.25) is 0 Å². The Kier molecular flexibility index (Phi) is 8.29. The molecule has 0 heterocycles. The van der Waals surface area contributed by atoms with E-state index in [0.29, 0.717) is 0 Å². The molecule has 0 spiro atoms. The predicted octanol–water partition coefficient (Wildman–Crippen LogP) is 4.85. The summed E-state index contributed by atoms with van der Waals surface area (Å²) in [7, 11) is 0. The van der Waals surface area contributed by atoms with Crippen LogP contribution < -0.4 is 0 Å². The Labute approximate surface area is 92.2 Å². The van der Waals surface area contributed by atoms with E-state index in [9.17, 15) is 13.2 Å². The highest BCUT2D eigenvalue weighted by atomic mass is 35.5. The molecule has 0 bridgehead atoms. The van der Waals surface area contributed by atoms with Gasteiger partial charge in [0.05, 0.1) is 0 Å². The molecule has 0 aromatic rings. The van der Waals surface area contributed by atoms with Gasteiger partial charge in [-0.15, -0.1) is 0 Å². The van der Waals surface area contributed by atoms with E-state index in [1.54, 1.807) is 0 Å². The van der Waals surface area contributed by atoms with Crippen molar-refractivity contribution in [3.63, 3.8) is 0 Å². The summed E-state index contributed by atoms with van der Waals surface area (Å²) in [5, 5.41) is -4.23. The quantitative estimate of drug-likeness (QED) is 0.604. The van der Waals surface area contributed by atoms with Crippen molar-refractivity contribution in [3.05, 3.63) is 11.1 Å². The summed E-state index contributed by atoms with van der Waals surface area (Å²) >= 11 is 22.2. The van der Waals surface area contributed by atoms with Crippen LogP contribution in [0.5, 0.6) is 0 Å². The average Bonchev–Trinajstić information content (AvgIpc) is 1.84. The summed E-state index contributed by atoms with van der Waals surface area (Å²) in [4.78, 5) is 0. The fourth-order valence-corrected chi connectivity index (χ4v) is 0. The van der Waals surface area contributed by atoms with E-state index in [1.165, 1.54) is 11.1 Å². The molecule has 0 aliphatic rings. The second kappa shape index (κ2) is 6.44. The van der Waals surface area contributed by atoms with Crippen LogP contribution in [0.2, 0.25) is 0 Å². The molecule has 0 rings (SSSR count). The summed E-state index contributed by atoms with van der Waals surface area (Å²) in [5.74, 6) is 0. The highest BCUT2D eigenvalue weighted by Crippen LogP contribution is 2.42. The van der Waals surface area contributed by atoms with Crippen molar-refractivity contribution in [2.24, 2.45) is 0 Å². The molecule has 0 unspecified atom stereocenters. The first kappa shape index (κ1) is 15.5. The lowest BCUT2D eigenvalue weighted by atomic mass is 10.8. The van der Waals surface area contributed by atoms with Gasteiger partial charge in [0, 0.05) is 11.1 Å². The Balaban J connectivity index is 0. The van der Waals surface area contributed by atoms with Gasteiger partial charge in [0.1, 0.15) is 0 Å². The molecule has 0 fully saturated rings. The van der Waals surface area contributed by atoms with Gasteiger partial charge >= 0.3 is 9.97 Å². The standard InChI is InChI=1S/C2Cl3F3.C2H2Cl2/c3-1(4,6)2(5,7)8;3-1-2-4/h;1-2H. The molecule has 0 aliphatic carbocycles. The van der Waals surface area contributed by atoms with Gasteiger partial charge in [-0.3, -0.25) is 0 Å². The minimum atomic E-state index is -4.23. The van der Waals surface area contributed by atoms with Crippen LogP contribution in [-0.2, 0) is 0 Å². The molecule has 0 nitrogen and oxygen atoms in total. The van der Waals surface area contributed by atoms with Crippen LogP contribution in [0.4, 0.5) is 13.2 Å². The fraction of sp³-hybridized carbons (Fsp3) is 0.500. The minimum Gasteiger partial charge on any atom is -0.199 e. The largest absolute Gasteiger partial charge is 0.383 e. The summed E-state index contributed by atoms with van der Waals surface area (Å²) in [6.45, 7) is 0. The van der Waals surface area contributed by atoms with Gasteiger partial charge in [-0.1, -0.05) is 46.4 Å². The van der Waals surface area contributed by atoms with Crippen molar-refractivity contribution in [1.82, 2.24) is 0 Å². The Morgan fingerprint density at radius 3 is 1.00 bits per heavy atom. The van der Waals surface area contributed by atoms with E-state index in [0.717, 1.165) is 0 Å². The molecule has 12 heavy (non-hydrogen) atoms. The fourth-order valence-electron chi connectivity index (χ4n) is 0. The molecule has 0 atom stereocenters. The third kappa shape index (κ3) is 9.07. The second-order valence-corrected chi connectivity index (χ2v) is 3.46. The smallest absolute Gasteiger partial charge is 0.199 e. The van der Waals surface area contributed by atoms with Gasteiger partial charge in [-0.25, -0.2) is 0 Å². The van der Waals surface area contributed by atoms with Crippen LogP contribution in [0.1, 0.15) is 0 Å². The van der Waals surface area contributed by atoms with Gasteiger partial charge < -0.3 is 0 Å². The maximum atomic E-state index is 11.5. The molecular formula is C4H2Cl5F3. The van der Waals surface area contributed by atoms with Crippen molar-refractivity contribution in [1.29, 1.82) is 0 Å². The van der Waals surface area contributed by atoms with Crippen molar-refractivity contribution < 1.29 is 13.2 Å². The third-order valence-corrected chi connectivity index (χ3v) is 1.68. The monoisotopic (exact) mass is 282 g/mol. The first-order valence-corrected chi connectivity index (χ1v) is 4.16. The first-order valence-electron chi connectivity index (χ1n) is 2.15. The molecule has 74 valence electrons. The Hall–Kier alpha value is 0.980. The Bertz CT molecular complexity index is 119. The lowest BCUT2D eigenvalue weighted by Gasteiger charge is -2.13. The summed E-state index contributed by atoms with van der Waals surface area (Å²) in [6, 6.07) is 0. The van der Waals surface area contributed by atoms with Gasteiger partial charge in [0.15, 0.2) is 0 Å². The van der Waals surface area contributed by atoms with E-state index in [-0.39, 0.29) is 0 Å². The van der Waals surface area contributed by atoms with Crippen molar-refractivity contribution in [3.8, 4) is 0 Å². The zero-order valence-electron chi connectivity index (χ0n) is 5.18. The van der Waals surface area contributed by atoms with Crippen LogP contribution in [0.3, 0.4) is 0 Å². The average molecular weight is 284 g/mol. The van der Waals surface area contributed by atoms with Gasteiger partial charge in [-0.2, -0.15) is 13.2 Å². The van der Waals surface area contributed by atoms with Crippen LogP contribution in [0, 0.1) is 0 Å². The number of halogens is 8. The van der Waals surface area contributed by atoms with E-state index in [1.807, 2.05) is 0 Å². The Morgan fingerprint density at radius 2 is 1.00 bits per heavy atom. The number of hydrogen-bond acceptors (Lipinski definition) is 0. The highest BCUT2D eigenvalue weighted by molar-refractivity contribution is 6.51. The number of hydrogen-bond donors (Lipinski definition) is 0. The van der Waals surface area contributed by atoms with Crippen molar-refractivity contribution in [2.45, 2.75) is 9.97 Å². The number of alkyl halides is 6. The number of rotatable bonds is 1. The molecule has 8 heteroatoms. The predicted molar refractivity (Wildman–Crippen MR) is 47.2 cm³/mol. The van der Waals surface area contributed by atoms with E-state index in [4.69, 9.17) is 23.2 Å². The maximum absolute atomic E-state index is 11.5. The van der Waals surface area contributed by atoms with Crippen molar-refractivity contribution >= 4 is 58.0 Å². The van der Waals surface area contributed by atoms with Crippen LogP contribution in [0.15, 0.2) is 11.1 Å². The molecular weight excluding hydrogens is 282 g/mol. The van der Waals surface area contributed by atoms with Crippen molar-refractivity contribution in [2.75, 3.05) is 0 Å². The molecule has 0 saturated heterocycles. The highest BCUT2D eigenvalue weighted by Gasteiger charge is 2.51. The van der Waals surface area contributed by atoms with E-state index < -0.39 is 9.97 Å². The van der Waals surface area contributed by atoms with Crippen LogP contribution >= 0.6 is 58.0 Å². The molecule has 0 radical (unpaired) electrons. The normalized spacial score (nSPS) is 12.7. The lowest BCUT2D eigenvalue weighted by Crippen LogP contribution is -2.27. The zero-order chi connectivity index (χ0) is 10.4. The van der Waals surface area contributed by atoms with Gasteiger partial charge in [0.25, 0.3) is 0 Å².